The second-order valence-electron chi connectivity index (χ2n) is 5.40. The minimum atomic E-state index is 0.668. The van der Waals surface area contributed by atoms with Gasteiger partial charge in [-0.2, -0.15) is 0 Å². The van der Waals surface area contributed by atoms with E-state index in [1.165, 1.54) is 37.1 Å². The molecule has 1 saturated heterocycles. The van der Waals surface area contributed by atoms with Gasteiger partial charge >= 0.3 is 0 Å². The molecular formula is C16H22N2. The highest BCUT2D eigenvalue weighted by molar-refractivity contribution is 5.70. The molecule has 0 saturated carbocycles. The van der Waals surface area contributed by atoms with Crippen molar-refractivity contribution >= 4 is 5.57 Å². The van der Waals surface area contributed by atoms with Crippen molar-refractivity contribution < 1.29 is 0 Å². The van der Waals surface area contributed by atoms with E-state index >= 15 is 0 Å². The molecule has 2 nitrogen and oxygen atoms in total. The summed E-state index contributed by atoms with van der Waals surface area (Å²) < 4.78 is 0. The zero-order chi connectivity index (χ0) is 12.4. The van der Waals surface area contributed by atoms with Gasteiger partial charge in [0.15, 0.2) is 0 Å². The van der Waals surface area contributed by atoms with Crippen LogP contribution in [0, 0.1) is 6.92 Å². The Morgan fingerprint density at radius 2 is 1.94 bits per heavy atom. The molecule has 0 radical (unpaired) electrons. The zero-order valence-electron chi connectivity index (χ0n) is 11.2. The average Bonchev–Trinajstić information content (AvgIpc) is 2.90. The molecule has 1 fully saturated rings. The number of hydrogen-bond donors (Lipinski definition) is 1. The molecule has 2 aliphatic rings. The molecule has 1 atom stereocenters. The number of rotatable bonds is 2. The molecule has 18 heavy (non-hydrogen) atoms. The topological polar surface area (TPSA) is 15.3 Å². The van der Waals surface area contributed by atoms with Crippen LogP contribution >= 0.6 is 0 Å². The molecule has 1 aromatic rings. The maximum Gasteiger partial charge on any atom is 0.0288 e. The van der Waals surface area contributed by atoms with Crippen LogP contribution < -0.4 is 5.32 Å². The van der Waals surface area contributed by atoms with Crippen molar-refractivity contribution in [3.8, 4) is 0 Å². The number of benzene rings is 1. The maximum absolute atomic E-state index is 3.43. The van der Waals surface area contributed by atoms with Crippen LogP contribution in [0.15, 0.2) is 30.3 Å². The van der Waals surface area contributed by atoms with Gasteiger partial charge in [-0.05, 0) is 36.5 Å². The van der Waals surface area contributed by atoms with E-state index in [4.69, 9.17) is 0 Å². The van der Waals surface area contributed by atoms with Gasteiger partial charge in [0.1, 0.15) is 0 Å². The van der Waals surface area contributed by atoms with Gasteiger partial charge in [0.25, 0.3) is 0 Å². The zero-order valence-corrected chi connectivity index (χ0v) is 11.2. The average molecular weight is 242 g/mol. The monoisotopic (exact) mass is 242 g/mol. The van der Waals surface area contributed by atoms with Gasteiger partial charge in [0, 0.05) is 32.2 Å². The summed E-state index contributed by atoms with van der Waals surface area (Å²) in [6.07, 6.45) is 5.04. The minimum absolute atomic E-state index is 0.668. The van der Waals surface area contributed by atoms with Crippen LogP contribution in [0.4, 0.5) is 0 Å². The van der Waals surface area contributed by atoms with E-state index in [-0.39, 0.29) is 0 Å². The summed E-state index contributed by atoms with van der Waals surface area (Å²) in [6.45, 7) is 6.90. The van der Waals surface area contributed by atoms with Gasteiger partial charge in [0.2, 0.25) is 0 Å². The fourth-order valence-electron chi connectivity index (χ4n) is 3.16. The molecular weight excluding hydrogens is 220 g/mol. The van der Waals surface area contributed by atoms with Crippen molar-refractivity contribution in [2.24, 2.45) is 0 Å². The normalized spacial score (nSPS) is 25.2. The third-order valence-electron chi connectivity index (χ3n) is 4.21. The molecule has 1 unspecified atom stereocenters. The summed E-state index contributed by atoms with van der Waals surface area (Å²) in [4.78, 5) is 2.63. The largest absolute Gasteiger partial charge is 0.314 e. The third-order valence-corrected chi connectivity index (χ3v) is 4.21. The number of hydrogen-bond acceptors (Lipinski definition) is 2. The lowest BCUT2D eigenvalue weighted by Crippen LogP contribution is -2.47. The molecule has 1 aromatic carbocycles. The fraction of sp³-hybridized carbons (Fsp3) is 0.500. The van der Waals surface area contributed by atoms with E-state index in [1.54, 1.807) is 5.57 Å². The summed E-state index contributed by atoms with van der Waals surface area (Å²) in [7, 11) is 0. The van der Waals surface area contributed by atoms with Gasteiger partial charge in [0.05, 0.1) is 0 Å². The molecule has 0 amide bonds. The number of piperazine rings is 1. The van der Waals surface area contributed by atoms with E-state index < -0.39 is 0 Å². The molecule has 1 aliphatic heterocycles. The van der Waals surface area contributed by atoms with E-state index in [9.17, 15) is 0 Å². The maximum atomic E-state index is 3.43. The van der Waals surface area contributed by atoms with E-state index in [0.29, 0.717) is 6.04 Å². The first kappa shape index (κ1) is 11.9. The first-order chi connectivity index (χ1) is 8.84. The van der Waals surface area contributed by atoms with E-state index in [0.717, 1.165) is 13.1 Å². The first-order valence-corrected chi connectivity index (χ1v) is 7.06. The second kappa shape index (κ2) is 5.25. The molecule has 3 rings (SSSR count). The van der Waals surface area contributed by atoms with Crippen molar-refractivity contribution in [1.82, 2.24) is 10.2 Å². The van der Waals surface area contributed by atoms with Crippen LogP contribution in [0.2, 0.25) is 0 Å². The van der Waals surface area contributed by atoms with Crippen molar-refractivity contribution in [3.63, 3.8) is 0 Å². The lowest BCUT2D eigenvalue weighted by atomic mass is 10.0. The Labute approximate surface area is 110 Å². The first-order valence-electron chi connectivity index (χ1n) is 7.06. The van der Waals surface area contributed by atoms with Crippen LogP contribution in [0.25, 0.3) is 5.57 Å². The highest BCUT2D eigenvalue weighted by Gasteiger charge is 2.24. The minimum Gasteiger partial charge on any atom is -0.314 e. The van der Waals surface area contributed by atoms with E-state index in [2.05, 4.69) is 47.5 Å². The Bertz CT molecular complexity index is 444. The van der Waals surface area contributed by atoms with Gasteiger partial charge in [-0.1, -0.05) is 30.3 Å². The lowest BCUT2D eigenvalue weighted by Gasteiger charge is -2.31. The van der Waals surface area contributed by atoms with E-state index in [1.807, 2.05) is 0 Å². The quantitative estimate of drug-likeness (QED) is 0.857. The third kappa shape index (κ3) is 2.36. The van der Waals surface area contributed by atoms with Crippen LogP contribution in [-0.2, 0) is 0 Å². The molecule has 0 aromatic heterocycles. The Hall–Kier alpha value is -1.12. The predicted molar refractivity (Wildman–Crippen MR) is 76.6 cm³/mol. The highest BCUT2D eigenvalue weighted by atomic mass is 15.2. The lowest BCUT2D eigenvalue weighted by molar-refractivity contribution is 0.200. The van der Waals surface area contributed by atoms with Crippen LogP contribution in [0.3, 0.4) is 0 Å². The summed E-state index contributed by atoms with van der Waals surface area (Å²) >= 11 is 0. The Balaban J connectivity index is 1.77. The van der Waals surface area contributed by atoms with Crippen LogP contribution in [-0.4, -0.2) is 37.1 Å². The van der Waals surface area contributed by atoms with Crippen LogP contribution in [0.1, 0.15) is 24.0 Å². The molecule has 2 heteroatoms. The van der Waals surface area contributed by atoms with Gasteiger partial charge < -0.3 is 5.32 Å². The molecule has 0 spiro atoms. The summed E-state index contributed by atoms with van der Waals surface area (Å²) in [5, 5.41) is 3.43. The Morgan fingerprint density at radius 3 is 2.72 bits per heavy atom. The number of allylic oxidation sites excluding steroid dienone is 1. The molecule has 1 N–H and O–H groups in total. The second-order valence-corrected chi connectivity index (χ2v) is 5.40. The molecule has 1 aliphatic carbocycles. The van der Waals surface area contributed by atoms with Crippen molar-refractivity contribution in [2.75, 3.05) is 26.2 Å². The standard InChI is InChI=1S/C16H22N2/c1-13-4-2-3-5-16(13)14-6-7-15(12-14)18-10-8-17-9-11-18/h2-5,12,15,17H,6-11H2,1H3. The number of aryl methyl sites for hydroxylation is 1. The van der Waals surface area contributed by atoms with Crippen molar-refractivity contribution in [1.29, 1.82) is 0 Å². The predicted octanol–water partition coefficient (Wildman–Crippen LogP) is 2.45. The van der Waals surface area contributed by atoms with Gasteiger partial charge in [-0.25, -0.2) is 0 Å². The van der Waals surface area contributed by atoms with Gasteiger partial charge in [-0.15, -0.1) is 0 Å². The fourth-order valence-corrected chi connectivity index (χ4v) is 3.16. The smallest absolute Gasteiger partial charge is 0.0288 e. The molecule has 1 heterocycles. The molecule has 0 bridgehead atoms. The summed E-state index contributed by atoms with van der Waals surface area (Å²) in [6, 6.07) is 9.43. The van der Waals surface area contributed by atoms with Gasteiger partial charge in [-0.3, -0.25) is 4.90 Å². The van der Waals surface area contributed by atoms with Crippen molar-refractivity contribution in [3.05, 3.63) is 41.5 Å². The molecule has 96 valence electrons. The van der Waals surface area contributed by atoms with Crippen molar-refractivity contribution in [2.45, 2.75) is 25.8 Å². The summed E-state index contributed by atoms with van der Waals surface area (Å²) in [5.41, 5.74) is 4.41. The SMILES string of the molecule is Cc1ccccc1C1=CC(N2CCNCC2)CC1. The Kier molecular flexibility index (Phi) is 3.48. The summed E-state index contributed by atoms with van der Waals surface area (Å²) in [5.74, 6) is 0. The van der Waals surface area contributed by atoms with Crippen LogP contribution in [0.5, 0.6) is 0 Å². The number of nitrogens with one attached hydrogen (secondary N) is 1. The number of nitrogens with zero attached hydrogens (tertiary/aromatic N) is 1. The highest BCUT2D eigenvalue weighted by Crippen LogP contribution is 2.32. The Morgan fingerprint density at radius 1 is 1.17 bits per heavy atom.